The molecule has 5 rings (SSSR count). The second-order valence-electron chi connectivity index (χ2n) is 8.61. The number of aromatic nitrogens is 1. The largest absolute Gasteiger partial charge is 0.454 e. The van der Waals surface area contributed by atoms with E-state index in [1.165, 1.54) is 11.3 Å². The van der Waals surface area contributed by atoms with Gasteiger partial charge in [-0.15, -0.1) is 11.3 Å². The quantitative estimate of drug-likeness (QED) is 0.540. The van der Waals surface area contributed by atoms with Gasteiger partial charge in [0.05, 0.1) is 12.0 Å². The third kappa shape index (κ3) is 4.59. The molecule has 1 saturated heterocycles. The Bertz CT molecular complexity index is 1230. The van der Waals surface area contributed by atoms with E-state index in [4.69, 9.17) is 4.74 Å². The van der Waals surface area contributed by atoms with E-state index >= 15 is 0 Å². The minimum absolute atomic E-state index is 0.0423. The van der Waals surface area contributed by atoms with E-state index in [9.17, 15) is 14.4 Å². The molecule has 8 heteroatoms. The number of ether oxygens (including phenoxy) is 1. The molecule has 0 saturated carbocycles. The molecule has 1 atom stereocenters. The molecule has 1 aromatic heterocycles. The van der Waals surface area contributed by atoms with Crippen LogP contribution in [0.4, 0.5) is 0 Å². The van der Waals surface area contributed by atoms with Crippen molar-refractivity contribution in [2.45, 2.75) is 25.9 Å². The van der Waals surface area contributed by atoms with Crippen LogP contribution in [-0.4, -0.2) is 58.7 Å². The van der Waals surface area contributed by atoms with Crippen molar-refractivity contribution >= 4 is 29.1 Å². The minimum atomic E-state index is -0.364. The van der Waals surface area contributed by atoms with E-state index in [2.05, 4.69) is 4.98 Å². The topological polar surface area (TPSA) is 79.8 Å². The van der Waals surface area contributed by atoms with Crippen LogP contribution in [-0.2, 0) is 22.4 Å². The summed E-state index contributed by atoms with van der Waals surface area (Å²) in [7, 11) is 0. The van der Waals surface area contributed by atoms with Crippen LogP contribution in [0.25, 0.3) is 0 Å². The number of thiazole rings is 1. The van der Waals surface area contributed by atoms with Crippen LogP contribution in [0.15, 0.2) is 53.9 Å². The van der Waals surface area contributed by atoms with Crippen LogP contribution in [0.1, 0.15) is 48.6 Å². The summed E-state index contributed by atoms with van der Waals surface area (Å²) >= 11 is 1.50. The van der Waals surface area contributed by atoms with Gasteiger partial charge in [-0.25, -0.2) is 9.78 Å². The molecule has 0 radical (unpaired) electrons. The molecule has 3 heterocycles. The number of carbonyl (C=O) groups is 3. The zero-order valence-corrected chi connectivity index (χ0v) is 19.7. The van der Waals surface area contributed by atoms with Gasteiger partial charge in [-0.2, -0.15) is 0 Å². The molecular formula is C26H25N3O4S. The Morgan fingerprint density at radius 1 is 1.06 bits per heavy atom. The third-order valence-corrected chi connectivity index (χ3v) is 7.25. The summed E-state index contributed by atoms with van der Waals surface area (Å²) in [6, 6.07) is 14.8. The highest BCUT2D eigenvalue weighted by Gasteiger charge is 2.30. The van der Waals surface area contributed by atoms with Gasteiger partial charge in [-0.1, -0.05) is 30.3 Å². The zero-order chi connectivity index (χ0) is 23.7. The number of fused-ring (bicyclic) bond motifs is 1. The fraction of sp³-hybridized carbons (Fsp3) is 0.308. The number of rotatable bonds is 4. The second-order valence-corrected chi connectivity index (χ2v) is 9.56. The van der Waals surface area contributed by atoms with Crippen molar-refractivity contribution in [3.63, 3.8) is 0 Å². The van der Waals surface area contributed by atoms with Gasteiger partial charge in [0, 0.05) is 49.2 Å². The van der Waals surface area contributed by atoms with Crippen molar-refractivity contribution in [1.29, 1.82) is 0 Å². The summed E-state index contributed by atoms with van der Waals surface area (Å²) in [5.74, 6) is -0.405. The summed E-state index contributed by atoms with van der Waals surface area (Å²) in [4.78, 5) is 46.3. The average Bonchev–Trinajstić information content (AvgIpc) is 3.28. The number of esters is 1. The van der Waals surface area contributed by atoms with Crippen molar-refractivity contribution in [3.05, 3.63) is 86.9 Å². The monoisotopic (exact) mass is 475 g/mol. The highest BCUT2D eigenvalue weighted by atomic mass is 32.1. The normalized spacial score (nSPS) is 17.8. The van der Waals surface area contributed by atoms with E-state index in [1.54, 1.807) is 21.9 Å². The van der Waals surface area contributed by atoms with Crippen molar-refractivity contribution in [3.8, 4) is 0 Å². The molecule has 0 bridgehead atoms. The lowest BCUT2D eigenvalue weighted by Crippen LogP contribution is -2.51. The molecule has 0 N–H and O–H groups in total. The number of carbonyl (C=O) groups excluding carboxylic acids is 3. The van der Waals surface area contributed by atoms with Crippen LogP contribution < -0.4 is 0 Å². The number of hydrogen-bond donors (Lipinski definition) is 0. The summed E-state index contributed by atoms with van der Waals surface area (Å²) < 4.78 is 5.62. The number of cyclic esters (lactones) is 1. The maximum Gasteiger partial charge on any atom is 0.339 e. The Balaban J connectivity index is 1.23. The van der Waals surface area contributed by atoms with E-state index in [1.807, 2.05) is 48.7 Å². The van der Waals surface area contributed by atoms with Crippen molar-refractivity contribution in [2.24, 2.45) is 0 Å². The Morgan fingerprint density at radius 3 is 2.50 bits per heavy atom. The SMILES string of the molecule is Cc1csc(CC(=O)N2CCN(C(=O)c3ccc4c(c3)C[C@H](c3ccccc3)OC4=O)CC2)n1. The number of aryl methyl sites for hydroxylation is 1. The van der Waals surface area contributed by atoms with Crippen molar-refractivity contribution < 1.29 is 19.1 Å². The summed E-state index contributed by atoms with van der Waals surface area (Å²) in [5.41, 5.74) is 3.75. The summed E-state index contributed by atoms with van der Waals surface area (Å²) in [6.07, 6.45) is 0.475. The van der Waals surface area contributed by atoms with Gasteiger partial charge in [-0.3, -0.25) is 9.59 Å². The van der Waals surface area contributed by atoms with E-state index in [0.717, 1.165) is 21.8 Å². The number of nitrogens with zero attached hydrogens (tertiary/aromatic N) is 3. The predicted molar refractivity (Wildman–Crippen MR) is 128 cm³/mol. The number of amides is 2. The summed E-state index contributed by atoms with van der Waals surface area (Å²) in [5, 5.41) is 2.77. The average molecular weight is 476 g/mol. The molecular weight excluding hydrogens is 450 g/mol. The van der Waals surface area contributed by atoms with Crippen LogP contribution in [0.3, 0.4) is 0 Å². The predicted octanol–water partition coefficient (Wildman–Crippen LogP) is 3.43. The van der Waals surface area contributed by atoms with Crippen LogP contribution in [0.5, 0.6) is 0 Å². The molecule has 2 aliphatic rings. The maximum absolute atomic E-state index is 13.2. The maximum atomic E-state index is 13.2. The molecule has 2 aromatic carbocycles. The first-order valence-electron chi connectivity index (χ1n) is 11.3. The highest BCUT2D eigenvalue weighted by Crippen LogP contribution is 2.31. The van der Waals surface area contributed by atoms with Crippen LogP contribution in [0, 0.1) is 6.92 Å². The fourth-order valence-electron chi connectivity index (χ4n) is 4.45. The Hall–Kier alpha value is -3.52. The van der Waals surface area contributed by atoms with Gasteiger partial charge >= 0.3 is 5.97 Å². The zero-order valence-electron chi connectivity index (χ0n) is 18.9. The Labute approximate surface area is 202 Å². The summed E-state index contributed by atoms with van der Waals surface area (Å²) in [6.45, 7) is 3.88. The van der Waals surface area contributed by atoms with Crippen molar-refractivity contribution in [1.82, 2.24) is 14.8 Å². The molecule has 3 aromatic rings. The van der Waals surface area contributed by atoms with Gasteiger partial charge < -0.3 is 14.5 Å². The van der Waals surface area contributed by atoms with Crippen molar-refractivity contribution in [2.75, 3.05) is 26.2 Å². The molecule has 0 unspecified atom stereocenters. The van der Waals surface area contributed by atoms with Crippen LogP contribution >= 0.6 is 11.3 Å². The van der Waals surface area contributed by atoms with Gasteiger partial charge in [0.1, 0.15) is 11.1 Å². The highest BCUT2D eigenvalue weighted by molar-refractivity contribution is 7.09. The van der Waals surface area contributed by atoms with E-state index in [0.29, 0.717) is 50.1 Å². The Morgan fingerprint density at radius 2 is 1.79 bits per heavy atom. The van der Waals surface area contributed by atoms with E-state index in [-0.39, 0.29) is 23.9 Å². The number of hydrogen-bond acceptors (Lipinski definition) is 6. The minimum Gasteiger partial charge on any atom is -0.454 e. The second kappa shape index (κ2) is 9.38. The van der Waals surface area contributed by atoms with Gasteiger partial charge in [0.15, 0.2) is 0 Å². The lowest BCUT2D eigenvalue weighted by Gasteiger charge is -2.35. The Kier molecular flexibility index (Phi) is 6.15. The first-order valence-corrected chi connectivity index (χ1v) is 12.2. The van der Waals surface area contributed by atoms with E-state index < -0.39 is 0 Å². The first-order chi connectivity index (χ1) is 16.5. The smallest absolute Gasteiger partial charge is 0.339 e. The molecule has 1 fully saturated rings. The van der Waals surface area contributed by atoms with Gasteiger partial charge in [0.2, 0.25) is 5.91 Å². The third-order valence-electron chi connectivity index (χ3n) is 6.29. The lowest BCUT2D eigenvalue weighted by molar-refractivity contribution is -0.131. The molecule has 7 nitrogen and oxygen atoms in total. The van der Waals surface area contributed by atoms with Crippen LogP contribution in [0.2, 0.25) is 0 Å². The van der Waals surface area contributed by atoms with Gasteiger partial charge in [-0.05, 0) is 36.2 Å². The first kappa shape index (κ1) is 22.3. The molecule has 34 heavy (non-hydrogen) atoms. The number of benzene rings is 2. The fourth-order valence-corrected chi connectivity index (χ4v) is 5.21. The van der Waals surface area contributed by atoms with Gasteiger partial charge in [0.25, 0.3) is 5.91 Å². The molecule has 2 amide bonds. The number of piperazine rings is 1. The molecule has 0 aliphatic carbocycles. The molecule has 2 aliphatic heterocycles. The standard InChI is InChI=1S/C26H25N3O4S/c1-17-16-34-23(27-17)15-24(30)28-9-11-29(12-10-28)25(31)19-7-8-21-20(13-19)14-22(33-26(21)32)18-5-3-2-4-6-18/h2-8,13,16,22H,9-12,14-15H2,1H3/t22-/m1/s1. The molecule has 174 valence electrons. The molecule has 0 spiro atoms. The lowest BCUT2D eigenvalue weighted by atomic mass is 9.93.